The zero-order valence-electron chi connectivity index (χ0n) is 17.6. The van der Waals surface area contributed by atoms with E-state index in [0.717, 1.165) is 0 Å². The van der Waals surface area contributed by atoms with Gasteiger partial charge in [0, 0.05) is 19.8 Å². The van der Waals surface area contributed by atoms with Crippen LogP contribution in [0.3, 0.4) is 0 Å². The molecule has 0 radical (unpaired) electrons. The zero-order chi connectivity index (χ0) is 18.5. The van der Waals surface area contributed by atoms with Crippen LogP contribution in [-0.2, 0) is 0 Å². The molecule has 0 unspecified atom stereocenters. The minimum absolute atomic E-state index is 0.569. The minimum Gasteiger partial charge on any atom is -0.319 e. The molecule has 148 valence electrons. The van der Waals surface area contributed by atoms with Gasteiger partial charge in [-0.15, -0.1) is 0 Å². The molecule has 0 spiro atoms. The highest BCUT2D eigenvalue weighted by Crippen LogP contribution is 2.03. The Balaban J connectivity index is 0. The molecule has 0 aliphatic heterocycles. The predicted octanol–water partition coefficient (Wildman–Crippen LogP) is 3.91. The van der Waals surface area contributed by atoms with Crippen molar-refractivity contribution in [3.63, 3.8) is 0 Å². The fourth-order valence-corrected chi connectivity index (χ4v) is 2.48. The van der Waals surface area contributed by atoms with Crippen LogP contribution in [0, 0.1) is 0 Å². The van der Waals surface area contributed by atoms with Crippen LogP contribution in [0.5, 0.6) is 0 Å². The molecule has 0 heterocycles. The van der Waals surface area contributed by atoms with Crippen LogP contribution in [0.2, 0.25) is 0 Å². The Morgan fingerprint density at radius 3 is 1.00 bits per heavy atom. The first-order chi connectivity index (χ1) is 11.7. The monoisotopic (exact) mass is 344 g/mol. The van der Waals surface area contributed by atoms with Crippen molar-refractivity contribution in [2.24, 2.45) is 5.73 Å². The Labute approximate surface area is 153 Å². The third-order valence-electron chi connectivity index (χ3n) is 4.25. The summed E-state index contributed by atoms with van der Waals surface area (Å²) in [5, 5.41) is 2.71. The van der Waals surface area contributed by atoms with Crippen molar-refractivity contribution in [2.75, 3.05) is 53.0 Å². The van der Waals surface area contributed by atoms with Crippen molar-refractivity contribution in [3.05, 3.63) is 0 Å². The van der Waals surface area contributed by atoms with E-state index in [9.17, 15) is 0 Å². The Hall–Kier alpha value is -0.160. The van der Waals surface area contributed by atoms with Gasteiger partial charge in [-0.25, -0.2) is 0 Å². The van der Waals surface area contributed by atoms with Gasteiger partial charge < -0.3 is 20.9 Å². The second-order valence-electron chi connectivity index (χ2n) is 6.66. The normalized spacial score (nSPS) is 11.0. The second kappa shape index (κ2) is 22.8. The molecule has 0 saturated carbocycles. The van der Waals surface area contributed by atoms with Gasteiger partial charge in [-0.2, -0.15) is 0 Å². The average Bonchev–Trinajstić information content (AvgIpc) is 2.62. The number of nitrogens with two attached hydrogens (primary N) is 1. The lowest BCUT2D eigenvalue weighted by atomic mass is 10.2. The van der Waals surface area contributed by atoms with Crippen LogP contribution in [0.15, 0.2) is 0 Å². The van der Waals surface area contributed by atoms with Gasteiger partial charge in [0.1, 0.15) is 0 Å². The summed E-state index contributed by atoms with van der Waals surface area (Å²) in [5.74, 6) is 0. The van der Waals surface area contributed by atoms with Gasteiger partial charge in [0.25, 0.3) is 0 Å². The Morgan fingerprint density at radius 1 is 0.583 bits per heavy atom. The van der Waals surface area contributed by atoms with Crippen LogP contribution in [-0.4, -0.2) is 62.8 Å². The van der Waals surface area contributed by atoms with Crippen LogP contribution >= 0.6 is 0 Å². The number of hydrogen-bond acceptors (Lipinski definition) is 4. The van der Waals surface area contributed by atoms with Crippen molar-refractivity contribution in [1.29, 1.82) is 0 Å². The Bertz CT molecular complexity index is 174. The molecule has 0 aliphatic rings. The van der Waals surface area contributed by atoms with E-state index in [1.165, 1.54) is 90.6 Å². The molecule has 0 rings (SSSR count). The molecule has 0 aromatic carbocycles. The maximum absolute atomic E-state index is 4.92. The maximum atomic E-state index is 4.92. The molecule has 0 fully saturated rings. The number of unbranched alkanes of at least 4 members (excludes halogenated alkanes) is 4. The highest BCUT2D eigenvalue weighted by molar-refractivity contribution is 4.64. The predicted molar refractivity (Wildman–Crippen MR) is 111 cm³/mol. The number of hydrogen-bond donors (Lipinski definition) is 2. The molecule has 0 aromatic rings. The van der Waals surface area contributed by atoms with Crippen molar-refractivity contribution in [2.45, 2.75) is 79.1 Å². The summed E-state index contributed by atoms with van der Waals surface area (Å²) < 4.78 is 0. The molecular formula is C20H48N4. The van der Waals surface area contributed by atoms with E-state index in [0.29, 0.717) is 6.67 Å². The highest BCUT2D eigenvalue weighted by atomic mass is 15.2. The van der Waals surface area contributed by atoms with Crippen LogP contribution in [0.1, 0.15) is 79.1 Å². The molecule has 0 aromatic heterocycles. The van der Waals surface area contributed by atoms with E-state index in [1.54, 1.807) is 7.05 Å². The van der Waals surface area contributed by atoms with Gasteiger partial charge in [-0.05, 0) is 58.9 Å². The lowest BCUT2D eigenvalue weighted by Gasteiger charge is -2.27. The van der Waals surface area contributed by atoms with Crippen LogP contribution in [0.4, 0.5) is 0 Å². The molecule has 0 saturated heterocycles. The molecule has 0 bridgehead atoms. The first-order valence-electron chi connectivity index (χ1n) is 10.5. The van der Waals surface area contributed by atoms with Crippen molar-refractivity contribution in [3.8, 4) is 0 Å². The van der Waals surface area contributed by atoms with E-state index >= 15 is 0 Å². The maximum Gasteiger partial charge on any atom is 0.0426 e. The lowest BCUT2D eigenvalue weighted by Crippen LogP contribution is -2.37. The fourth-order valence-electron chi connectivity index (χ4n) is 2.48. The zero-order valence-corrected chi connectivity index (χ0v) is 17.6. The molecule has 24 heavy (non-hydrogen) atoms. The van der Waals surface area contributed by atoms with E-state index in [4.69, 9.17) is 5.73 Å². The minimum atomic E-state index is 0.569. The van der Waals surface area contributed by atoms with Gasteiger partial charge in [-0.3, -0.25) is 0 Å². The quantitative estimate of drug-likeness (QED) is 0.417. The SMILES string of the molecule is CCCCN(CCCC)CCN(CCCC)CCCC.CNCN. The van der Waals surface area contributed by atoms with Crippen molar-refractivity contribution in [1.82, 2.24) is 15.1 Å². The summed E-state index contributed by atoms with van der Waals surface area (Å²) in [6, 6.07) is 0. The Morgan fingerprint density at radius 2 is 0.833 bits per heavy atom. The third kappa shape index (κ3) is 19.9. The van der Waals surface area contributed by atoms with Gasteiger partial charge in [-0.1, -0.05) is 53.4 Å². The number of nitrogens with zero attached hydrogens (tertiary/aromatic N) is 2. The van der Waals surface area contributed by atoms with E-state index in [2.05, 4.69) is 42.8 Å². The van der Waals surface area contributed by atoms with Crippen molar-refractivity contribution < 1.29 is 0 Å². The molecule has 3 N–H and O–H groups in total. The topological polar surface area (TPSA) is 44.5 Å². The highest BCUT2D eigenvalue weighted by Gasteiger charge is 2.08. The van der Waals surface area contributed by atoms with Gasteiger partial charge in [0.15, 0.2) is 0 Å². The molecule has 4 nitrogen and oxygen atoms in total. The first kappa shape index (κ1) is 26.1. The van der Waals surface area contributed by atoms with Gasteiger partial charge >= 0.3 is 0 Å². The lowest BCUT2D eigenvalue weighted by molar-refractivity contribution is 0.196. The van der Waals surface area contributed by atoms with E-state index in [1.807, 2.05) is 0 Å². The van der Waals surface area contributed by atoms with E-state index in [-0.39, 0.29) is 0 Å². The number of rotatable bonds is 16. The van der Waals surface area contributed by atoms with Gasteiger partial charge in [0.05, 0.1) is 0 Å². The summed E-state index contributed by atoms with van der Waals surface area (Å²) in [6.07, 6.45) is 10.7. The molecule has 0 amide bonds. The van der Waals surface area contributed by atoms with Gasteiger partial charge in [0.2, 0.25) is 0 Å². The first-order valence-corrected chi connectivity index (χ1v) is 10.5. The van der Waals surface area contributed by atoms with Crippen LogP contribution < -0.4 is 11.1 Å². The largest absolute Gasteiger partial charge is 0.319 e. The molecule has 4 heteroatoms. The summed E-state index contributed by atoms with van der Waals surface area (Å²) in [7, 11) is 1.81. The third-order valence-corrected chi connectivity index (χ3v) is 4.25. The smallest absolute Gasteiger partial charge is 0.0426 e. The molecule has 0 aliphatic carbocycles. The molecular weight excluding hydrogens is 296 g/mol. The standard InChI is InChI=1S/C18H40N2.C2H8N2/c1-5-9-13-19(14-10-6-2)17-18-20(15-11-7-3)16-12-8-4;1-4-2-3/h5-18H2,1-4H3;4H,2-3H2,1H3. The van der Waals surface area contributed by atoms with Crippen LogP contribution in [0.25, 0.3) is 0 Å². The fraction of sp³-hybridized carbons (Fsp3) is 1.00. The summed E-state index contributed by atoms with van der Waals surface area (Å²) in [5.41, 5.74) is 4.92. The van der Waals surface area contributed by atoms with Crippen molar-refractivity contribution >= 4 is 0 Å². The summed E-state index contributed by atoms with van der Waals surface area (Å²) >= 11 is 0. The number of nitrogens with one attached hydrogen (secondary N) is 1. The summed E-state index contributed by atoms with van der Waals surface area (Å²) in [4.78, 5) is 5.38. The summed E-state index contributed by atoms with van der Waals surface area (Å²) in [6.45, 7) is 17.5. The molecule has 0 atom stereocenters. The Kier molecular flexibility index (Phi) is 24.8. The second-order valence-corrected chi connectivity index (χ2v) is 6.66. The average molecular weight is 345 g/mol. The van der Waals surface area contributed by atoms with E-state index < -0.39 is 0 Å².